The van der Waals surface area contributed by atoms with E-state index < -0.39 is 8.07 Å². The fourth-order valence-electron chi connectivity index (χ4n) is 1.53. The van der Waals surface area contributed by atoms with Crippen molar-refractivity contribution in [3.63, 3.8) is 0 Å². The molecule has 0 N–H and O–H groups in total. The molecular formula is C14H26OSi. The minimum atomic E-state index is -1.33. The molecule has 0 aliphatic heterocycles. The maximum atomic E-state index is 11.7. The van der Waals surface area contributed by atoms with E-state index in [-0.39, 0.29) is 5.78 Å². The van der Waals surface area contributed by atoms with Crippen molar-refractivity contribution in [3.8, 4) is 0 Å². The first kappa shape index (κ1) is 15.4. The van der Waals surface area contributed by atoms with Crippen LogP contribution in [-0.4, -0.2) is 13.9 Å². The molecule has 0 unspecified atom stereocenters. The molecule has 0 bridgehead atoms. The van der Waals surface area contributed by atoms with Crippen LogP contribution in [0, 0.1) is 0 Å². The van der Waals surface area contributed by atoms with Crippen LogP contribution in [0.2, 0.25) is 19.6 Å². The molecule has 0 radical (unpaired) electrons. The van der Waals surface area contributed by atoms with Crippen molar-refractivity contribution in [3.05, 3.63) is 22.9 Å². The standard InChI is InChI=1S/C14H26OSi/c1-7-8-9-14(16(4,5)6)11-13(15)10-12(2)3/h10-11H,7-9H2,1-6H3/b14-11-. The van der Waals surface area contributed by atoms with Gasteiger partial charge in [-0.25, -0.2) is 0 Å². The highest BCUT2D eigenvalue weighted by atomic mass is 28.3. The van der Waals surface area contributed by atoms with Gasteiger partial charge in [0.2, 0.25) is 0 Å². The molecule has 92 valence electrons. The molecule has 2 heteroatoms. The molecule has 0 atom stereocenters. The second kappa shape index (κ2) is 6.84. The molecule has 0 rings (SSSR count). The average molecular weight is 238 g/mol. The molecule has 0 saturated carbocycles. The lowest BCUT2D eigenvalue weighted by molar-refractivity contribution is -0.110. The maximum absolute atomic E-state index is 11.7. The predicted octanol–water partition coefficient (Wildman–Crippen LogP) is 4.52. The van der Waals surface area contributed by atoms with E-state index in [1.54, 1.807) is 6.08 Å². The van der Waals surface area contributed by atoms with E-state index in [4.69, 9.17) is 0 Å². The Labute approximate surface area is 102 Å². The highest BCUT2D eigenvalue weighted by Crippen LogP contribution is 2.20. The largest absolute Gasteiger partial charge is 0.290 e. The molecule has 0 aromatic carbocycles. The molecule has 0 aromatic heterocycles. The molecule has 0 heterocycles. The van der Waals surface area contributed by atoms with Crippen LogP contribution in [0.25, 0.3) is 0 Å². The summed E-state index contributed by atoms with van der Waals surface area (Å²) in [5.74, 6) is 0.161. The summed E-state index contributed by atoms with van der Waals surface area (Å²) in [6, 6.07) is 0. The van der Waals surface area contributed by atoms with Crippen LogP contribution in [0.5, 0.6) is 0 Å². The minimum Gasteiger partial charge on any atom is -0.290 e. The second-order valence-electron chi connectivity index (χ2n) is 5.65. The van der Waals surface area contributed by atoms with Gasteiger partial charge < -0.3 is 0 Å². The van der Waals surface area contributed by atoms with Crippen LogP contribution >= 0.6 is 0 Å². The second-order valence-corrected chi connectivity index (χ2v) is 10.8. The molecular weight excluding hydrogens is 212 g/mol. The highest BCUT2D eigenvalue weighted by molar-refractivity contribution is 6.83. The number of hydrogen-bond acceptors (Lipinski definition) is 1. The Morgan fingerprint density at radius 3 is 2.06 bits per heavy atom. The van der Waals surface area contributed by atoms with Gasteiger partial charge in [-0.05, 0) is 32.4 Å². The maximum Gasteiger partial charge on any atom is 0.178 e. The summed E-state index contributed by atoms with van der Waals surface area (Å²) < 4.78 is 0. The first-order chi connectivity index (χ1) is 7.27. The smallest absolute Gasteiger partial charge is 0.178 e. The summed E-state index contributed by atoms with van der Waals surface area (Å²) in [4.78, 5) is 11.7. The first-order valence-electron chi connectivity index (χ1n) is 6.17. The predicted molar refractivity (Wildman–Crippen MR) is 75.4 cm³/mol. The van der Waals surface area contributed by atoms with Crippen LogP contribution in [-0.2, 0) is 4.79 Å². The van der Waals surface area contributed by atoms with Crippen LogP contribution in [0.4, 0.5) is 0 Å². The van der Waals surface area contributed by atoms with Gasteiger partial charge in [0.1, 0.15) is 0 Å². The number of carbonyl (C=O) groups is 1. The van der Waals surface area contributed by atoms with Gasteiger partial charge in [0.15, 0.2) is 5.78 Å². The van der Waals surface area contributed by atoms with Crippen LogP contribution in [0.3, 0.4) is 0 Å². The van der Waals surface area contributed by atoms with Gasteiger partial charge in [-0.15, -0.1) is 0 Å². The van der Waals surface area contributed by atoms with Crippen molar-refractivity contribution in [1.82, 2.24) is 0 Å². The lowest BCUT2D eigenvalue weighted by Crippen LogP contribution is -2.24. The van der Waals surface area contributed by atoms with Crippen molar-refractivity contribution in [2.75, 3.05) is 0 Å². The Bertz CT molecular complexity index is 288. The van der Waals surface area contributed by atoms with E-state index in [1.807, 2.05) is 19.9 Å². The average Bonchev–Trinajstić information content (AvgIpc) is 2.08. The number of rotatable bonds is 6. The Balaban J connectivity index is 4.82. The Hall–Kier alpha value is -0.633. The van der Waals surface area contributed by atoms with Gasteiger partial charge in [0.05, 0.1) is 8.07 Å². The summed E-state index contributed by atoms with van der Waals surface area (Å²) >= 11 is 0. The van der Waals surface area contributed by atoms with Crippen molar-refractivity contribution in [2.24, 2.45) is 0 Å². The number of carbonyl (C=O) groups excluding carboxylic acids is 1. The third kappa shape index (κ3) is 6.78. The van der Waals surface area contributed by atoms with Gasteiger partial charge in [-0.1, -0.05) is 50.2 Å². The number of allylic oxidation sites excluding steroid dienone is 4. The van der Waals surface area contributed by atoms with Gasteiger partial charge >= 0.3 is 0 Å². The van der Waals surface area contributed by atoms with E-state index in [0.29, 0.717) is 0 Å². The SMILES string of the molecule is CCCC/C(=C/C(=O)C=C(C)C)[Si](C)(C)C. The molecule has 0 fully saturated rings. The number of ketones is 1. The lowest BCUT2D eigenvalue weighted by atomic mass is 10.2. The van der Waals surface area contributed by atoms with E-state index in [9.17, 15) is 4.79 Å². The Morgan fingerprint density at radius 1 is 1.12 bits per heavy atom. The Kier molecular flexibility index (Phi) is 6.57. The summed E-state index contributed by atoms with van der Waals surface area (Å²) in [7, 11) is -1.33. The molecule has 0 aliphatic carbocycles. The summed E-state index contributed by atoms with van der Waals surface area (Å²) in [5, 5.41) is 1.40. The van der Waals surface area contributed by atoms with Crippen molar-refractivity contribution in [1.29, 1.82) is 0 Å². The summed E-state index contributed by atoms with van der Waals surface area (Å²) in [6.45, 7) is 13.1. The van der Waals surface area contributed by atoms with Gasteiger partial charge in [0, 0.05) is 0 Å². The highest BCUT2D eigenvalue weighted by Gasteiger charge is 2.19. The Morgan fingerprint density at radius 2 is 1.69 bits per heavy atom. The normalized spacial score (nSPS) is 12.5. The number of hydrogen-bond donors (Lipinski definition) is 0. The van der Waals surface area contributed by atoms with Crippen LogP contribution in [0.15, 0.2) is 22.9 Å². The third-order valence-electron chi connectivity index (χ3n) is 2.51. The lowest BCUT2D eigenvalue weighted by Gasteiger charge is -2.20. The zero-order valence-electron chi connectivity index (χ0n) is 11.7. The number of unbranched alkanes of at least 4 members (excludes halogenated alkanes) is 1. The van der Waals surface area contributed by atoms with E-state index in [0.717, 1.165) is 12.0 Å². The van der Waals surface area contributed by atoms with Gasteiger partial charge in [-0.2, -0.15) is 0 Å². The summed E-state index contributed by atoms with van der Waals surface area (Å²) in [6.07, 6.45) is 7.09. The molecule has 0 spiro atoms. The quantitative estimate of drug-likeness (QED) is 0.491. The first-order valence-corrected chi connectivity index (χ1v) is 9.67. The summed E-state index contributed by atoms with van der Waals surface area (Å²) in [5.41, 5.74) is 1.08. The molecule has 1 nitrogen and oxygen atoms in total. The van der Waals surface area contributed by atoms with Gasteiger partial charge in [-0.3, -0.25) is 4.79 Å². The zero-order valence-corrected chi connectivity index (χ0v) is 12.7. The van der Waals surface area contributed by atoms with Gasteiger partial charge in [0.25, 0.3) is 0 Å². The van der Waals surface area contributed by atoms with Crippen molar-refractivity contribution in [2.45, 2.75) is 59.7 Å². The molecule has 0 aromatic rings. The molecule has 16 heavy (non-hydrogen) atoms. The van der Waals surface area contributed by atoms with Crippen molar-refractivity contribution >= 4 is 13.9 Å². The monoisotopic (exact) mass is 238 g/mol. The molecule has 0 saturated heterocycles. The van der Waals surface area contributed by atoms with Crippen LogP contribution < -0.4 is 0 Å². The fraction of sp³-hybridized carbons (Fsp3) is 0.643. The van der Waals surface area contributed by atoms with E-state index >= 15 is 0 Å². The van der Waals surface area contributed by atoms with E-state index in [1.165, 1.54) is 18.0 Å². The fourth-order valence-corrected chi connectivity index (χ4v) is 3.03. The zero-order chi connectivity index (χ0) is 12.8. The third-order valence-corrected chi connectivity index (χ3v) is 4.83. The van der Waals surface area contributed by atoms with Crippen molar-refractivity contribution < 1.29 is 4.79 Å². The topological polar surface area (TPSA) is 17.1 Å². The van der Waals surface area contributed by atoms with E-state index in [2.05, 4.69) is 26.6 Å². The molecule has 0 aliphatic rings. The molecule has 0 amide bonds. The van der Waals surface area contributed by atoms with Crippen LogP contribution in [0.1, 0.15) is 40.0 Å². The minimum absolute atomic E-state index is 0.161.